The smallest absolute Gasteiger partial charge is 0.462 e. The zero-order valence-electron chi connectivity index (χ0n) is 61.3. The van der Waals surface area contributed by atoms with Crippen LogP contribution in [-0.4, -0.2) is 96.7 Å². The minimum Gasteiger partial charge on any atom is -0.462 e. The molecule has 0 fully saturated rings. The fourth-order valence-corrected chi connectivity index (χ4v) is 13.1. The van der Waals surface area contributed by atoms with Crippen LogP contribution < -0.4 is 0 Å². The molecular weight excluding hydrogens is 1230 g/mol. The summed E-state index contributed by atoms with van der Waals surface area (Å²) in [6, 6.07) is 0. The Bertz CT molecular complexity index is 1820. The Morgan fingerprint density at radius 2 is 0.489 bits per heavy atom. The lowest BCUT2D eigenvalue weighted by Crippen LogP contribution is -2.30. The molecule has 0 saturated carbocycles. The van der Waals surface area contributed by atoms with Crippen molar-refractivity contribution in [2.45, 2.75) is 407 Å². The van der Waals surface area contributed by atoms with Crippen molar-refractivity contribution in [2.24, 2.45) is 11.8 Å². The van der Waals surface area contributed by atoms with Gasteiger partial charge in [-0.15, -0.1) is 0 Å². The summed E-state index contributed by atoms with van der Waals surface area (Å²) < 4.78 is 68.4. The highest BCUT2D eigenvalue weighted by Crippen LogP contribution is 2.45. The van der Waals surface area contributed by atoms with Gasteiger partial charge in [0.25, 0.3) is 0 Å². The lowest BCUT2D eigenvalue weighted by atomic mass is 10.0. The second-order valence-electron chi connectivity index (χ2n) is 28.0. The van der Waals surface area contributed by atoms with Crippen LogP contribution in [0.5, 0.6) is 0 Å². The minimum atomic E-state index is -4.96. The summed E-state index contributed by atoms with van der Waals surface area (Å²) in [5, 5.41) is 10.6. The third-order valence-electron chi connectivity index (χ3n) is 17.5. The zero-order chi connectivity index (χ0) is 69.3. The number of hydrogen-bond acceptors (Lipinski definition) is 15. The van der Waals surface area contributed by atoms with Crippen LogP contribution in [0.15, 0.2) is 0 Å². The van der Waals surface area contributed by atoms with Crippen LogP contribution in [0.2, 0.25) is 0 Å². The second-order valence-corrected chi connectivity index (χ2v) is 30.9. The van der Waals surface area contributed by atoms with Crippen LogP contribution in [0.4, 0.5) is 0 Å². The van der Waals surface area contributed by atoms with Crippen molar-refractivity contribution in [3.8, 4) is 0 Å². The molecule has 3 N–H and O–H groups in total. The molecule has 0 saturated heterocycles. The molecule has 0 rings (SSSR count). The maximum Gasteiger partial charge on any atom is 0.472 e. The van der Waals surface area contributed by atoms with E-state index in [-0.39, 0.29) is 25.7 Å². The van der Waals surface area contributed by atoms with Crippen LogP contribution >= 0.6 is 15.6 Å². The van der Waals surface area contributed by atoms with E-state index in [0.29, 0.717) is 25.7 Å². The Labute approximate surface area is 575 Å². The van der Waals surface area contributed by atoms with Gasteiger partial charge >= 0.3 is 39.5 Å². The van der Waals surface area contributed by atoms with Crippen molar-refractivity contribution >= 4 is 39.5 Å². The number of ether oxygens (including phenoxy) is 4. The molecule has 0 aromatic carbocycles. The van der Waals surface area contributed by atoms with Gasteiger partial charge in [-0.25, -0.2) is 9.13 Å². The Morgan fingerprint density at radius 3 is 0.723 bits per heavy atom. The summed E-state index contributed by atoms with van der Waals surface area (Å²) >= 11 is 0. The van der Waals surface area contributed by atoms with Gasteiger partial charge < -0.3 is 33.8 Å². The highest BCUT2D eigenvalue weighted by atomic mass is 31.2. The Kier molecular flexibility index (Phi) is 65.5. The first kappa shape index (κ1) is 92.1. The average molecular weight is 1380 g/mol. The van der Waals surface area contributed by atoms with Gasteiger partial charge in [-0.2, -0.15) is 0 Å². The van der Waals surface area contributed by atoms with Gasteiger partial charge in [0, 0.05) is 25.7 Å². The first-order valence-electron chi connectivity index (χ1n) is 39.0. The van der Waals surface area contributed by atoms with E-state index in [1.54, 1.807) is 0 Å². The molecular formula is C75H146O17P2. The molecule has 0 aromatic rings. The maximum atomic E-state index is 13.1. The molecule has 0 radical (unpaired) electrons. The largest absolute Gasteiger partial charge is 0.472 e. The monoisotopic (exact) mass is 1380 g/mol. The van der Waals surface area contributed by atoms with Crippen LogP contribution in [0.25, 0.3) is 0 Å². The summed E-state index contributed by atoms with van der Waals surface area (Å²) in [6.45, 7) is 9.53. The normalized spacial score (nSPS) is 14.0. The SMILES string of the molecule is CCCCCCCCCCCCCCCCCCCCCCC(=O)O[C@H](COC(=O)CCCCCCCCCCCCCCC(C)C)COP(=O)(O)OC[C@@H](O)COP(=O)(O)OC[C@@H](COC(=O)CCCCCCCCC)OC(=O)CCCCCCCCCCCC(C)C. The van der Waals surface area contributed by atoms with E-state index in [9.17, 15) is 43.2 Å². The van der Waals surface area contributed by atoms with Crippen molar-refractivity contribution < 1.29 is 80.2 Å². The first-order valence-corrected chi connectivity index (χ1v) is 42.0. The van der Waals surface area contributed by atoms with E-state index in [4.69, 9.17) is 37.0 Å². The number of aliphatic hydroxyl groups excluding tert-OH is 1. The fourth-order valence-electron chi connectivity index (χ4n) is 11.5. The van der Waals surface area contributed by atoms with Crippen molar-refractivity contribution in [3.05, 3.63) is 0 Å². The molecule has 19 heteroatoms. The van der Waals surface area contributed by atoms with Crippen LogP contribution in [0.3, 0.4) is 0 Å². The van der Waals surface area contributed by atoms with E-state index in [1.807, 2.05) is 0 Å². The molecule has 0 spiro atoms. The predicted octanol–water partition coefficient (Wildman–Crippen LogP) is 21.9. The van der Waals surface area contributed by atoms with Crippen molar-refractivity contribution in [2.75, 3.05) is 39.6 Å². The minimum absolute atomic E-state index is 0.105. The number of phosphoric acid groups is 2. The van der Waals surface area contributed by atoms with E-state index >= 15 is 0 Å². The summed E-state index contributed by atoms with van der Waals surface area (Å²) in [6.07, 6.45) is 54.4. The Morgan fingerprint density at radius 1 is 0.287 bits per heavy atom. The lowest BCUT2D eigenvalue weighted by Gasteiger charge is -2.21. The van der Waals surface area contributed by atoms with E-state index in [0.717, 1.165) is 115 Å². The average Bonchev–Trinajstić information content (AvgIpc) is 1.19. The fraction of sp³-hybridized carbons (Fsp3) is 0.947. The molecule has 5 atom stereocenters. The van der Waals surface area contributed by atoms with Crippen molar-refractivity contribution in [1.29, 1.82) is 0 Å². The molecule has 0 bridgehead atoms. The third-order valence-corrected chi connectivity index (χ3v) is 19.4. The Balaban J connectivity index is 5.18. The number of unbranched alkanes of at least 4 members (excludes halogenated alkanes) is 44. The van der Waals surface area contributed by atoms with Gasteiger partial charge in [-0.05, 0) is 37.5 Å². The quantitative estimate of drug-likeness (QED) is 0.0222. The van der Waals surface area contributed by atoms with Crippen LogP contribution in [0, 0.1) is 11.8 Å². The Hall–Kier alpha value is -1.94. The number of carbonyl (C=O) groups is 4. The first-order chi connectivity index (χ1) is 45.4. The third kappa shape index (κ3) is 68.6. The van der Waals surface area contributed by atoms with Gasteiger partial charge in [-0.3, -0.25) is 37.3 Å². The molecule has 558 valence electrons. The van der Waals surface area contributed by atoms with E-state index in [1.165, 1.54) is 193 Å². The highest BCUT2D eigenvalue weighted by Gasteiger charge is 2.30. The summed E-state index contributed by atoms with van der Waals surface area (Å²) in [7, 11) is -9.90. The molecule has 17 nitrogen and oxygen atoms in total. The highest BCUT2D eigenvalue weighted by molar-refractivity contribution is 7.47. The molecule has 0 aliphatic heterocycles. The molecule has 0 aliphatic carbocycles. The maximum absolute atomic E-state index is 13.1. The second kappa shape index (κ2) is 66.9. The predicted molar refractivity (Wildman–Crippen MR) is 381 cm³/mol. The number of aliphatic hydroxyl groups is 1. The zero-order valence-corrected chi connectivity index (χ0v) is 63.1. The number of hydrogen-bond donors (Lipinski definition) is 3. The van der Waals surface area contributed by atoms with Crippen molar-refractivity contribution in [1.82, 2.24) is 0 Å². The summed E-state index contributed by atoms with van der Waals surface area (Å²) in [5.74, 6) is -0.604. The summed E-state index contributed by atoms with van der Waals surface area (Å²) in [5.41, 5.74) is 0. The molecule has 0 aromatic heterocycles. The molecule has 0 amide bonds. The number of carbonyl (C=O) groups excluding carboxylic acids is 4. The van der Waals surface area contributed by atoms with Gasteiger partial charge in [0.05, 0.1) is 26.4 Å². The molecule has 0 heterocycles. The van der Waals surface area contributed by atoms with Gasteiger partial charge in [0.15, 0.2) is 12.2 Å². The number of rotatable bonds is 74. The topological polar surface area (TPSA) is 237 Å². The lowest BCUT2D eigenvalue weighted by molar-refractivity contribution is -0.161. The summed E-state index contributed by atoms with van der Waals surface area (Å²) in [4.78, 5) is 72.6. The van der Waals surface area contributed by atoms with Crippen LogP contribution in [-0.2, 0) is 65.4 Å². The number of phosphoric ester groups is 2. The van der Waals surface area contributed by atoms with E-state index in [2.05, 4.69) is 41.5 Å². The molecule has 94 heavy (non-hydrogen) atoms. The van der Waals surface area contributed by atoms with Crippen molar-refractivity contribution in [3.63, 3.8) is 0 Å². The van der Waals surface area contributed by atoms with E-state index < -0.39 is 97.5 Å². The van der Waals surface area contributed by atoms with Gasteiger partial charge in [0.2, 0.25) is 0 Å². The number of esters is 4. The van der Waals surface area contributed by atoms with Crippen LogP contribution in [0.1, 0.15) is 388 Å². The molecule has 2 unspecified atom stereocenters. The van der Waals surface area contributed by atoms with Gasteiger partial charge in [0.1, 0.15) is 19.3 Å². The standard InChI is InChI=1S/C75H146O17P2/c1-7-9-11-13-15-16-17-18-19-20-21-22-23-24-25-30-35-41-47-53-59-74(79)92-71(64-86-73(78)58-52-46-40-34-29-27-26-28-32-38-43-49-55-67(3)4)66-90-94(83,84)88-62-69(76)61-87-93(81,82)89-65-70(63-85-72(77)57-51-45-37-14-12-10-8-2)91-75(80)60-54-48-42-36-31-33-39-44-50-56-68(5)6/h67-71,76H,7-66H2,1-6H3,(H,81,82)(H,83,84)/t69-,70+,71+/m0/s1. The molecule has 0 aliphatic rings. The van der Waals surface area contributed by atoms with Gasteiger partial charge in [-0.1, -0.05) is 337 Å².